The zero-order valence-corrected chi connectivity index (χ0v) is 6.35. The van der Waals surface area contributed by atoms with Crippen molar-refractivity contribution in [2.75, 3.05) is 7.11 Å². The van der Waals surface area contributed by atoms with E-state index >= 15 is 0 Å². The Kier molecular flexibility index (Phi) is 4.65. The quantitative estimate of drug-likeness (QED) is 0.422. The number of rotatable bonds is 4. The Morgan fingerprint density at radius 1 is 1.67 bits per heavy atom. The molecule has 1 unspecified atom stereocenters. The highest BCUT2D eigenvalue weighted by Gasteiger charge is 2.01. The van der Waals surface area contributed by atoms with Crippen molar-refractivity contribution in [2.45, 2.75) is 19.6 Å². The van der Waals surface area contributed by atoms with Crippen LogP contribution in [0.2, 0.25) is 0 Å². The van der Waals surface area contributed by atoms with Gasteiger partial charge in [0.05, 0.1) is 0 Å². The summed E-state index contributed by atoms with van der Waals surface area (Å²) in [7, 11) is -1.07. The monoisotopic (exact) mass is 153 g/mol. The molecule has 0 heterocycles. The van der Waals surface area contributed by atoms with E-state index in [2.05, 4.69) is 4.72 Å². The van der Waals surface area contributed by atoms with Gasteiger partial charge in [0.15, 0.2) is 0 Å². The summed E-state index contributed by atoms with van der Waals surface area (Å²) in [6, 6.07) is 0. The van der Waals surface area contributed by atoms with Crippen LogP contribution < -0.4 is 4.72 Å². The van der Waals surface area contributed by atoms with Crippen molar-refractivity contribution in [1.29, 1.82) is 0 Å². The van der Waals surface area contributed by atoms with Gasteiger partial charge in [0, 0.05) is 7.11 Å². The SMILES string of the molecule is CCC(N[SH](=O)=O)OC. The lowest BCUT2D eigenvalue weighted by Crippen LogP contribution is -2.28. The van der Waals surface area contributed by atoms with E-state index in [1.54, 1.807) is 0 Å². The zero-order valence-electron chi connectivity index (χ0n) is 5.46. The highest BCUT2D eigenvalue weighted by molar-refractivity contribution is 7.70. The number of nitrogens with one attached hydrogen (secondary N) is 1. The summed E-state index contributed by atoms with van der Waals surface area (Å²) in [5.74, 6) is 0. The van der Waals surface area contributed by atoms with Crippen LogP contribution in [0, 0.1) is 0 Å². The highest BCUT2D eigenvalue weighted by Crippen LogP contribution is 1.88. The summed E-state index contributed by atoms with van der Waals surface area (Å²) in [6.45, 7) is 1.83. The first-order valence-electron chi connectivity index (χ1n) is 2.64. The lowest BCUT2D eigenvalue weighted by Gasteiger charge is -2.08. The van der Waals surface area contributed by atoms with Gasteiger partial charge in [-0.25, -0.2) is 8.42 Å². The summed E-state index contributed by atoms with van der Waals surface area (Å²) in [5, 5.41) is 0. The first-order valence-corrected chi connectivity index (χ1v) is 3.81. The standard InChI is InChI=1S/C4H11NO3S/c1-3-4(8-2)5-9(6)7/h4,9H,3H2,1-2H3,(H,5,6,7). The number of hydrogen-bond acceptors (Lipinski definition) is 3. The van der Waals surface area contributed by atoms with Crippen molar-refractivity contribution in [1.82, 2.24) is 4.72 Å². The average molecular weight is 153 g/mol. The molecule has 0 aliphatic rings. The minimum atomic E-state index is -2.53. The van der Waals surface area contributed by atoms with Crippen molar-refractivity contribution < 1.29 is 13.2 Å². The molecule has 0 rings (SSSR count). The van der Waals surface area contributed by atoms with E-state index in [0.717, 1.165) is 0 Å². The molecule has 9 heavy (non-hydrogen) atoms. The van der Waals surface area contributed by atoms with E-state index in [1.807, 2.05) is 6.92 Å². The third kappa shape index (κ3) is 4.38. The minimum Gasteiger partial charge on any atom is -0.366 e. The second kappa shape index (κ2) is 4.72. The van der Waals surface area contributed by atoms with Gasteiger partial charge < -0.3 is 4.74 Å². The molecule has 56 valence electrons. The van der Waals surface area contributed by atoms with Crippen molar-refractivity contribution in [2.24, 2.45) is 0 Å². The van der Waals surface area contributed by atoms with Crippen LogP contribution in [0.3, 0.4) is 0 Å². The maximum absolute atomic E-state index is 9.97. The summed E-state index contributed by atoms with van der Waals surface area (Å²) >= 11 is 0. The van der Waals surface area contributed by atoms with Gasteiger partial charge in [-0.1, -0.05) is 6.92 Å². The van der Waals surface area contributed by atoms with Crippen LogP contribution in [0.1, 0.15) is 13.3 Å². The average Bonchev–Trinajstić information content (AvgIpc) is 1.82. The minimum absolute atomic E-state index is 0.369. The van der Waals surface area contributed by atoms with E-state index in [0.29, 0.717) is 6.42 Å². The molecular formula is C4H11NO3S. The van der Waals surface area contributed by atoms with Crippen molar-refractivity contribution in [3.8, 4) is 0 Å². The van der Waals surface area contributed by atoms with Crippen LogP contribution >= 0.6 is 0 Å². The van der Waals surface area contributed by atoms with Crippen molar-refractivity contribution in [3.05, 3.63) is 0 Å². The zero-order chi connectivity index (χ0) is 7.28. The van der Waals surface area contributed by atoms with Crippen LogP contribution in [-0.4, -0.2) is 21.8 Å². The molecule has 0 amide bonds. The Hall–Kier alpha value is -0.130. The lowest BCUT2D eigenvalue weighted by molar-refractivity contribution is 0.0915. The number of ether oxygens (including phenoxy) is 1. The van der Waals surface area contributed by atoms with Crippen molar-refractivity contribution in [3.63, 3.8) is 0 Å². The molecule has 1 atom stereocenters. The first-order chi connectivity index (χ1) is 4.20. The van der Waals surface area contributed by atoms with Crippen LogP contribution in [0.4, 0.5) is 0 Å². The fourth-order valence-electron chi connectivity index (χ4n) is 0.428. The molecule has 0 spiro atoms. The molecule has 0 aromatic carbocycles. The Morgan fingerprint density at radius 3 is 2.33 bits per heavy atom. The van der Waals surface area contributed by atoms with E-state index < -0.39 is 10.9 Å². The molecule has 0 aromatic rings. The predicted octanol–water partition coefficient (Wildman–Crippen LogP) is -0.515. The molecule has 4 nitrogen and oxygen atoms in total. The van der Waals surface area contributed by atoms with Crippen LogP contribution in [-0.2, 0) is 15.6 Å². The summed E-state index contributed by atoms with van der Waals surface area (Å²) in [5.41, 5.74) is 0. The predicted molar refractivity (Wildman–Crippen MR) is 34.5 cm³/mol. The maximum Gasteiger partial charge on any atom is 0.203 e. The summed E-state index contributed by atoms with van der Waals surface area (Å²) < 4.78 is 26.9. The molecule has 1 N–H and O–H groups in total. The van der Waals surface area contributed by atoms with Gasteiger partial charge in [0.1, 0.15) is 6.23 Å². The van der Waals surface area contributed by atoms with Gasteiger partial charge in [-0.2, -0.15) is 4.72 Å². The Labute approximate surface area is 56.3 Å². The molecule has 0 saturated heterocycles. The van der Waals surface area contributed by atoms with Gasteiger partial charge in [-0.3, -0.25) is 0 Å². The van der Waals surface area contributed by atoms with E-state index in [1.165, 1.54) is 7.11 Å². The molecule has 0 aliphatic carbocycles. The van der Waals surface area contributed by atoms with Crippen LogP contribution in [0.5, 0.6) is 0 Å². The number of thiol groups is 1. The smallest absolute Gasteiger partial charge is 0.203 e. The molecule has 0 fully saturated rings. The van der Waals surface area contributed by atoms with Gasteiger partial charge in [0.2, 0.25) is 10.9 Å². The Morgan fingerprint density at radius 2 is 2.22 bits per heavy atom. The second-order valence-electron chi connectivity index (χ2n) is 1.52. The molecule has 5 heteroatoms. The van der Waals surface area contributed by atoms with E-state index in [4.69, 9.17) is 4.74 Å². The van der Waals surface area contributed by atoms with E-state index in [9.17, 15) is 8.42 Å². The van der Waals surface area contributed by atoms with Gasteiger partial charge in [0.25, 0.3) is 0 Å². The third-order valence-electron chi connectivity index (χ3n) is 0.905. The molecule has 0 aromatic heterocycles. The highest BCUT2D eigenvalue weighted by atomic mass is 32.2. The molecule has 0 saturated carbocycles. The number of methoxy groups -OCH3 is 1. The second-order valence-corrected chi connectivity index (χ2v) is 2.29. The Bertz CT molecular complexity index is 122. The van der Waals surface area contributed by atoms with Crippen molar-refractivity contribution >= 4 is 10.9 Å². The third-order valence-corrected chi connectivity index (χ3v) is 1.40. The first kappa shape index (κ1) is 8.87. The van der Waals surface area contributed by atoms with Gasteiger partial charge in [-0.05, 0) is 6.42 Å². The van der Waals surface area contributed by atoms with Gasteiger partial charge >= 0.3 is 0 Å². The Balaban J connectivity index is 3.55. The van der Waals surface area contributed by atoms with Gasteiger partial charge in [-0.15, -0.1) is 0 Å². The fraction of sp³-hybridized carbons (Fsp3) is 1.00. The summed E-state index contributed by atoms with van der Waals surface area (Å²) in [6.07, 6.45) is 0.269. The molecular weight excluding hydrogens is 142 g/mol. The van der Waals surface area contributed by atoms with Crippen LogP contribution in [0.15, 0.2) is 0 Å². The van der Waals surface area contributed by atoms with E-state index in [-0.39, 0.29) is 6.23 Å². The fourth-order valence-corrected chi connectivity index (χ4v) is 0.951. The largest absolute Gasteiger partial charge is 0.366 e. The molecule has 0 aliphatic heterocycles. The molecule has 0 bridgehead atoms. The lowest BCUT2D eigenvalue weighted by atomic mass is 10.4. The summed E-state index contributed by atoms with van der Waals surface area (Å²) in [4.78, 5) is 0. The maximum atomic E-state index is 9.97. The topological polar surface area (TPSA) is 55.4 Å². The molecule has 0 radical (unpaired) electrons. The van der Waals surface area contributed by atoms with Crippen LogP contribution in [0.25, 0.3) is 0 Å². The normalized spacial score (nSPS) is 14.1. The number of hydrogen-bond donors (Lipinski definition) is 2.